The van der Waals surface area contributed by atoms with Crippen LogP contribution in [0.4, 0.5) is 15.9 Å². The Kier molecular flexibility index (Phi) is 5.53. The Morgan fingerprint density at radius 3 is 2.44 bits per heavy atom. The summed E-state index contributed by atoms with van der Waals surface area (Å²) in [7, 11) is -4.00. The van der Waals surface area contributed by atoms with Crippen LogP contribution in [0.15, 0.2) is 53.6 Å². The molecule has 2 aromatic carbocycles. The zero-order chi connectivity index (χ0) is 23.2. The Hall–Kier alpha value is -3.21. The third kappa shape index (κ3) is 3.77. The first-order valence-electron chi connectivity index (χ1n) is 9.01. The van der Waals surface area contributed by atoms with E-state index in [1.165, 1.54) is 30.5 Å². The van der Waals surface area contributed by atoms with E-state index in [1.54, 1.807) is 12.1 Å². The molecule has 0 fully saturated rings. The minimum atomic E-state index is -4.00. The average Bonchev–Trinajstić information content (AvgIpc) is 3.15. The molecule has 0 spiro atoms. The summed E-state index contributed by atoms with van der Waals surface area (Å²) in [5.74, 6) is -1.93. The van der Waals surface area contributed by atoms with Gasteiger partial charge in [-0.3, -0.25) is 4.79 Å². The van der Waals surface area contributed by atoms with Crippen molar-refractivity contribution in [1.82, 2.24) is 13.9 Å². The van der Waals surface area contributed by atoms with E-state index in [9.17, 15) is 17.6 Å². The number of nitrogens with one attached hydrogen (secondary N) is 1. The Morgan fingerprint density at radius 2 is 1.78 bits per heavy atom. The molecule has 4 rings (SSSR count). The van der Waals surface area contributed by atoms with Gasteiger partial charge in [-0.1, -0.05) is 29.3 Å². The summed E-state index contributed by atoms with van der Waals surface area (Å²) in [6.45, 7) is 1.84. The van der Waals surface area contributed by atoms with Crippen LogP contribution in [0.2, 0.25) is 10.3 Å². The number of amides is 1. The molecule has 2 aromatic heterocycles. The fourth-order valence-corrected chi connectivity index (χ4v) is 4.78. The van der Waals surface area contributed by atoms with Crippen molar-refractivity contribution in [2.75, 3.05) is 5.32 Å². The van der Waals surface area contributed by atoms with E-state index in [0.29, 0.717) is 0 Å². The normalized spacial score (nSPS) is 11.6. The first-order chi connectivity index (χ1) is 15.1. The predicted octanol–water partition coefficient (Wildman–Crippen LogP) is 4.27. The lowest BCUT2D eigenvalue weighted by molar-refractivity contribution is 0.0997. The van der Waals surface area contributed by atoms with Gasteiger partial charge in [0.15, 0.2) is 5.65 Å². The molecule has 0 unspecified atom stereocenters. The molecule has 12 heteroatoms. The smallest absolute Gasteiger partial charge is 0.269 e. The van der Waals surface area contributed by atoms with Gasteiger partial charge in [0.1, 0.15) is 11.6 Å². The lowest BCUT2D eigenvalue weighted by Crippen LogP contribution is -2.16. The number of rotatable bonds is 5. The predicted molar refractivity (Wildman–Crippen MR) is 120 cm³/mol. The van der Waals surface area contributed by atoms with Gasteiger partial charge in [0.2, 0.25) is 5.28 Å². The summed E-state index contributed by atoms with van der Waals surface area (Å²) in [5.41, 5.74) is 5.55. The van der Waals surface area contributed by atoms with Crippen LogP contribution in [0.1, 0.15) is 15.9 Å². The van der Waals surface area contributed by atoms with Crippen LogP contribution in [0.25, 0.3) is 11.0 Å². The van der Waals surface area contributed by atoms with E-state index in [2.05, 4.69) is 15.3 Å². The van der Waals surface area contributed by atoms with Crippen LogP contribution in [0.5, 0.6) is 0 Å². The van der Waals surface area contributed by atoms with Gasteiger partial charge in [-0.05, 0) is 48.9 Å². The van der Waals surface area contributed by atoms with E-state index in [4.69, 9.17) is 28.9 Å². The van der Waals surface area contributed by atoms with E-state index in [0.717, 1.165) is 15.6 Å². The second-order valence-corrected chi connectivity index (χ2v) is 9.34. The highest BCUT2D eigenvalue weighted by atomic mass is 35.5. The van der Waals surface area contributed by atoms with Crippen molar-refractivity contribution in [3.8, 4) is 0 Å². The van der Waals surface area contributed by atoms with Crippen molar-refractivity contribution in [3.63, 3.8) is 0 Å². The minimum absolute atomic E-state index is 0.00482. The molecule has 0 aliphatic rings. The zero-order valence-corrected chi connectivity index (χ0v) is 18.6. The van der Waals surface area contributed by atoms with Gasteiger partial charge in [-0.2, -0.15) is 9.97 Å². The van der Waals surface area contributed by atoms with Crippen molar-refractivity contribution in [3.05, 3.63) is 75.9 Å². The number of fused-ring (bicyclic) bond motifs is 1. The highest BCUT2D eigenvalue weighted by molar-refractivity contribution is 7.90. The fourth-order valence-electron chi connectivity index (χ4n) is 3.11. The SMILES string of the molecule is Cc1ccc(S(=O)(=O)n2ccc3c(Nc4c(Cl)ccc(F)c4C(N)=O)nc(Cl)nc32)cc1. The number of carbonyl (C=O) groups is 1. The number of aryl methyl sites for hydroxylation is 1. The molecule has 1 amide bonds. The quantitative estimate of drug-likeness (QED) is 0.400. The molecule has 0 bridgehead atoms. The third-order valence-corrected chi connectivity index (χ3v) is 6.82. The molecular weight excluding hydrogens is 480 g/mol. The first-order valence-corrected chi connectivity index (χ1v) is 11.2. The van der Waals surface area contributed by atoms with Crippen LogP contribution in [0, 0.1) is 12.7 Å². The average molecular weight is 494 g/mol. The lowest BCUT2D eigenvalue weighted by atomic mass is 10.1. The van der Waals surface area contributed by atoms with Gasteiger partial charge in [-0.25, -0.2) is 16.8 Å². The molecule has 3 N–H and O–H groups in total. The Morgan fingerprint density at radius 1 is 1.09 bits per heavy atom. The van der Waals surface area contributed by atoms with Gasteiger partial charge < -0.3 is 11.1 Å². The standard InChI is InChI=1S/C20H14Cl2FN5O3S/c1-10-2-4-11(5-3-10)32(30,31)28-9-8-12-18(26-20(22)27-19(12)28)25-16-13(21)6-7-14(23)15(16)17(24)29/h2-9H,1H3,(H2,24,29)(H,25,26,27). The van der Waals surface area contributed by atoms with Gasteiger partial charge in [0.05, 0.1) is 26.6 Å². The third-order valence-electron chi connectivity index (χ3n) is 4.65. The summed E-state index contributed by atoms with van der Waals surface area (Å²) in [6.07, 6.45) is 1.29. The van der Waals surface area contributed by atoms with Crippen molar-refractivity contribution in [2.45, 2.75) is 11.8 Å². The maximum atomic E-state index is 14.2. The van der Waals surface area contributed by atoms with Crippen molar-refractivity contribution < 1.29 is 17.6 Å². The molecular formula is C20H14Cl2FN5O3S. The molecule has 0 radical (unpaired) electrons. The van der Waals surface area contributed by atoms with Crippen molar-refractivity contribution >= 4 is 61.7 Å². The Balaban J connectivity index is 1.89. The second kappa shape index (κ2) is 8.05. The molecule has 4 aromatic rings. The molecule has 0 aliphatic carbocycles. The maximum absolute atomic E-state index is 14.2. The summed E-state index contributed by atoms with van der Waals surface area (Å²) >= 11 is 12.2. The largest absolute Gasteiger partial charge is 0.365 e. The van der Waals surface area contributed by atoms with E-state index in [1.807, 2.05) is 6.92 Å². The van der Waals surface area contributed by atoms with E-state index in [-0.39, 0.29) is 37.7 Å². The van der Waals surface area contributed by atoms with Crippen molar-refractivity contribution in [1.29, 1.82) is 0 Å². The van der Waals surface area contributed by atoms with E-state index >= 15 is 0 Å². The summed E-state index contributed by atoms with van der Waals surface area (Å²) in [5, 5.41) is 2.69. The van der Waals surface area contributed by atoms with E-state index < -0.39 is 27.3 Å². The Labute approximate surface area is 191 Å². The van der Waals surface area contributed by atoms with Crippen LogP contribution in [-0.4, -0.2) is 28.3 Å². The Bertz CT molecular complexity index is 1490. The minimum Gasteiger partial charge on any atom is -0.365 e. The van der Waals surface area contributed by atoms with Gasteiger partial charge in [0.25, 0.3) is 15.9 Å². The highest BCUT2D eigenvalue weighted by Gasteiger charge is 2.24. The monoisotopic (exact) mass is 493 g/mol. The van der Waals surface area contributed by atoms with Gasteiger partial charge in [0, 0.05) is 6.20 Å². The fraction of sp³-hybridized carbons (Fsp3) is 0.0500. The summed E-state index contributed by atoms with van der Waals surface area (Å²) < 4.78 is 41.5. The molecule has 0 saturated heterocycles. The molecule has 0 atom stereocenters. The maximum Gasteiger partial charge on any atom is 0.269 e. The highest BCUT2D eigenvalue weighted by Crippen LogP contribution is 2.34. The molecule has 2 heterocycles. The number of primary amides is 1. The van der Waals surface area contributed by atoms with Gasteiger partial charge in [-0.15, -0.1) is 0 Å². The first kappa shape index (κ1) is 22.0. The number of halogens is 3. The topological polar surface area (TPSA) is 120 Å². The van der Waals surface area contributed by atoms with Crippen LogP contribution in [0.3, 0.4) is 0 Å². The number of anilines is 2. The number of hydrogen-bond acceptors (Lipinski definition) is 6. The second-order valence-electron chi connectivity index (χ2n) is 6.78. The molecule has 0 saturated carbocycles. The number of aromatic nitrogens is 3. The summed E-state index contributed by atoms with van der Waals surface area (Å²) in [4.78, 5) is 19.9. The number of benzene rings is 2. The van der Waals surface area contributed by atoms with Gasteiger partial charge >= 0.3 is 0 Å². The molecule has 8 nitrogen and oxygen atoms in total. The number of hydrogen-bond donors (Lipinski definition) is 2. The number of carbonyl (C=O) groups excluding carboxylic acids is 1. The molecule has 32 heavy (non-hydrogen) atoms. The lowest BCUT2D eigenvalue weighted by Gasteiger charge is -2.13. The molecule has 164 valence electrons. The zero-order valence-electron chi connectivity index (χ0n) is 16.3. The molecule has 0 aliphatic heterocycles. The summed E-state index contributed by atoms with van der Waals surface area (Å²) in [6, 6.07) is 9.97. The number of nitrogens with two attached hydrogens (primary N) is 1. The van der Waals surface area contributed by atoms with Crippen LogP contribution < -0.4 is 11.1 Å². The van der Waals surface area contributed by atoms with Crippen LogP contribution in [-0.2, 0) is 10.0 Å². The van der Waals surface area contributed by atoms with Crippen molar-refractivity contribution in [2.24, 2.45) is 5.73 Å². The van der Waals surface area contributed by atoms with Crippen LogP contribution >= 0.6 is 23.2 Å². The number of nitrogens with zero attached hydrogens (tertiary/aromatic N) is 3.